The molecule has 1 aromatic rings. The van der Waals surface area contributed by atoms with Crippen LogP contribution in [-0.2, 0) is 20.7 Å². The van der Waals surface area contributed by atoms with Crippen LogP contribution in [0.5, 0.6) is 0 Å². The summed E-state index contributed by atoms with van der Waals surface area (Å²) in [6, 6.07) is 9.77. The summed E-state index contributed by atoms with van der Waals surface area (Å²) in [5.74, 6) is -1.92. The van der Waals surface area contributed by atoms with Gasteiger partial charge < -0.3 is 9.47 Å². The molecule has 0 saturated carbocycles. The standard InChI is InChI=1S/C18H22F3NO3/c1-2-24-16(23)12-13-22-17(18(19,20)21)25-14-8-4-7-11-15-9-5-3-6-10-15/h3-6,8-10H,2,7,11-14H2,1H3/b8-4+,22-17?. The predicted molar refractivity (Wildman–Crippen MR) is 89.5 cm³/mol. The number of carbonyl (C=O) groups is 1. The van der Waals surface area contributed by atoms with E-state index in [1.165, 1.54) is 6.08 Å². The van der Waals surface area contributed by atoms with E-state index in [0.717, 1.165) is 12.0 Å². The number of aliphatic imine (C=N–C) groups is 1. The summed E-state index contributed by atoms with van der Waals surface area (Å²) in [5.41, 5.74) is 1.16. The fourth-order valence-electron chi connectivity index (χ4n) is 1.91. The fourth-order valence-corrected chi connectivity index (χ4v) is 1.91. The highest BCUT2D eigenvalue weighted by atomic mass is 19.4. The summed E-state index contributed by atoms with van der Waals surface area (Å²) in [5, 5.41) is 0. The van der Waals surface area contributed by atoms with Crippen molar-refractivity contribution >= 4 is 11.9 Å². The van der Waals surface area contributed by atoms with Crippen LogP contribution < -0.4 is 0 Å². The maximum absolute atomic E-state index is 12.8. The highest BCUT2D eigenvalue weighted by Crippen LogP contribution is 2.18. The van der Waals surface area contributed by atoms with Crippen molar-refractivity contribution in [2.24, 2.45) is 4.99 Å². The summed E-state index contributed by atoms with van der Waals surface area (Å²) >= 11 is 0. The Kier molecular flexibility index (Phi) is 9.36. The van der Waals surface area contributed by atoms with Crippen LogP contribution >= 0.6 is 0 Å². The first-order valence-electron chi connectivity index (χ1n) is 8.02. The van der Waals surface area contributed by atoms with Crippen molar-refractivity contribution < 1.29 is 27.4 Å². The van der Waals surface area contributed by atoms with Gasteiger partial charge in [0.2, 0.25) is 0 Å². The Morgan fingerprint density at radius 1 is 1.16 bits per heavy atom. The molecule has 0 radical (unpaired) electrons. The number of rotatable bonds is 9. The van der Waals surface area contributed by atoms with Crippen LogP contribution in [0, 0.1) is 0 Å². The number of benzene rings is 1. The molecule has 0 amide bonds. The zero-order valence-electron chi connectivity index (χ0n) is 14.1. The van der Waals surface area contributed by atoms with Gasteiger partial charge in [0.15, 0.2) is 0 Å². The van der Waals surface area contributed by atoms with Gasteiger partial charge in [0.1, 0.15) is 6.61 Å². The minimum absolute atomic E-state index is 0.180. The van der Waals surface area contributed by atoms with Gasteiger partial charge in [-0.05, 0) is 25.3 Å². The van der Waals surface area contributed by atoms with Gasteiger partial charge in [0, 0.05) is 0 Å². The summed E-state index contributed by atoms with van der Waals surface area (Å²) in [7, 11) is 0. The molecular weight excluding hydrogens is 335 g/mol. The number of nitrogens with zero attached hydrogens (tertiary/aromatic N) is 1. The maximum Gasteiger partial charge on any atom is 0.468 e. The topological polar surface area (TPSA) is 47.9 Å². The second-order valence-electron chi connectivity index (χ2n) is 5.05. The van der Waals surface area contributed by atoms with Gasteiger partial charge in [-0.1, -0.05) is 42.5 Å². The van der Waals surface area contributed by atoms with Crippen LogP contribution in [0.3, 0.4) is 0 Å². The maximum atomic E-state index is 12.8. The molecule has 0 aliphatic rings. The second-order valence-corrected chi connectivity index (χ2v) is 5.05. The number of hydrogen-bond acceptors (Lipinski definition) is 4. The van der Waals surface area contributed by atoms with Crippen LogP contribution in [0.1, 0.15) is 25.3 Å². The molecule has 0 atom stereocenters. The smallest absolute Gasteiger partial charge is 0.468 e. The molecule has 1 rings (SSSR count). The molecule has 0 spiro atoms. The first-order chi connectivity index (χ1) is 11.9. The van der Waals surface area contributed by atoms with Gasteiger partial charge in [0.05, 0.1) is 19.6 Å². The lowest BCUT2D eigenvalue weighted by molar-refractivity contribution is -0.142. The van der Waals surface area contributed by atoms with Crippen LogP contribution in [0.4, 0.5) is 13.2 Å². The van der Waals surface area contributed by atoms with Crippen molar-refractivity contribution in [3.05, 3.63) is 48.0 Å². The molecule has 25 heavy (non-hydrogen) atoms. The van der Waals surface area contributed by atoms with E-state index in [0.29, 0.717) is 6.42 Å². The van der Waals surface area contributed by atoms with Crippen LogP contribution in [0.2, 0.25) is 0 Å². The van der Waals surface area contributed by atoms with Gasteiger partial charge >= 0.3 is 12.1 Å². The average Bonchev–Trinajstić information content (AvgIpc) is 2.56. The Balaban J connectivity index is 2.37. The monoisotopic (exact) mass is 357 g/mol. The number of carbonyl (C=O) groups excluding carboxylic acids is 1. The normalized spacial score (nSPS) is 12.4. The van der Waals surface area contributed by atoms with Gasteiger partial charge in [-0.3, -0.25) is 4.79 Å². The Bertz CT molecular complexity index is 569. The summed E-state index contributed by atoms with van der Waals surface area (Å²) in [6.45, 7) is 1.24. The van der Waals surface area contributed by atoms with Crippen LogP contribution in [-0.4, -0.2) is 37.8 Å². The lowest BCUT2D eigenvalue weighted by Gasteiger charge is -2.10. The Morgan fingerprint density at radius 2 is 1.88 bits per heavy atom. The largest absolute Gasteiger partial charge is 0.470 e. The van der Waals surface area contributed by atoms with E-state index < -0.39 is 18.0 Å². The molecule has 0 aliphatic heterocycles. The Morgan fingerprint density at radius 3 is 2.52 bits per heavy atom. The molecule has 4 nitrogen and oxygen atoms in total. The first kappa shape index (κ1) is 20.7. The highest BCUT2D eigenvalue weighted by molar-refractivity contribution is 5.82. The molecule has 0 saturated heterocycles. The third-order valence-electron chi connectivity index (χ3n) is 3.04. The van der Waals surface area contributed by atoms with Crippen molar-refractivity contribution in [2.45, 2.75) is 32.4 Å². The molecule has 0 unspecified atom stereocenters. The Hall–Kier alpha value is -2.31. The van der Waals surface area contributed by atoms with Gasteiger partial charge in [0.25, 0.3) is 5.90 Å². The van der Waals surface area contributed by atoms with E-state index >= 15 is 0 Å². The number of halogens is 3. The molecule has 0 bridgehead atoms. The van der Waals surface area contributed by atoms with E-state index in [4.69, 9.17) is 0 Å². The van der Waals surface area contributed by atoms with Crippen LogP contribution in [0.15, 0.2) is 47.5 Å². The summed E-state index contributed by atoms with van der Waals surface area (Å²) < 4.78 is 47.7. The number of hydrogen-bond donors (Lipinski definition) is 0. The van der Waals surface area contributed by atoms with E-state index in [1.54, 1.807) is 13.0 Å². The molecule has 7 heteroatoms. The Labute approximate surface area is 145 Å². The number of allylic oxidation sites excluding steroid dienone is 1. The minimum Gasteiger partial charge on any atom is -0.470 e. The van der Waals surface area contributed by atoms with E-state index in [1.807, 2.05) is 30.3 Å². The lowest BCUT2D eigenvalue weighted by Crippen LogP contribution is -2.26. The van der Waals surface area contributed by atoms with Crippen molar-refractivity contribution in [3.63, 3.8) is 0 Å². The lowest BCUT2D eigenvalue weighted by atomic mass is 10.1. The minimum atomic E-state index is -4.69. The van der Waals surface area contributed by atoms with Crippen molar-refractivity contribution in [2.75, 3.05) is 19.8 Å². The predicted octanol–water partition coefficient (Wildman–Crippen LogP) is 4.11. The first-order valence-corrected chi connectivity index (χ1v) is 8.02. The van der Waals surface area contributed by atoms with Crippen molar-refractivity contribution in [3.8, 4) is 0 Å². The van der Waals surface area contributed by atoms with Gasteiger partial charge in [-0.25, -0.2) is 4.99 Å². The third-order valence-corrected chi connectivity index (χ3v) is 3.04. The van der Waals surface area contributed by atoms with Gasteiger partial charge in [-0.15, -0.1) is 0 Å². The second kappa shape index (κ2) is 11.3. The highest BCUT2D eigenvalue weighted by Gasteiger charge is 2.37. The molecular formula is C18H22F3NO3. The summed E-state index contributed by atoms with van der Waals surface area (Å²) in [4.78, 5) is 14.4. The van der Waals surface area contributed by atoms with E-state index in [-0.39, 0.29) is 26.2 Å². The molecule has 0 fully saturated rings. The van der Waals surface area contributed by atoms with E-state index in [9.17, 15) is 18.0 Å². The number of aryl methyl sites for hydroxylation is 1. The zero-order valence-corrected chi connectivity index (χ0v) is 14.1. The van der Waals surface area contributed by atoms with Crippen molar-refractivity contribution in [1.82, 2.24) is 0 Å². The molecule has 0 aliphatic carbocycles. The SMILES string of the molecule is CCOC(=O)CCN=C(OC/C=C/CCc1ccccc1)C(F)(F)F. The number of ether oxygens (including phenoxy) is 2. The molecule has 0 aromatic heterocycles. The molecule has 1 aromatic carbocycles. The third kappa shape index (κ3) is 9.54. The zero-order chi connectivity index (χ0) is 18.5. The van der Waals surface area contributed by atoms with Gasteiger partial charge in [-0.2, -0.15) is 13.2 Å². The average molecular weight is 357 g/mol. The number of esters is 1. The molecule has 0 N–H and O–H groups in total. The van der Waals surface area contributed by atoms with E-state index in [2.05, 4.69) is 14.5 Å². The molecule has 138 valence electrons. The van der Waals surface area contributed by atoms with Crippen molar-refractivity contribution in [1.29, 1.82) is 0 Å². The quantitative estimate of drug-likeness (QED) is 0.289. The molecule has 0 heterocycles. The van der Waals surface area contributed by atoms with Crippen LogP contribution in [0.25, 0.3) is 0 Å². The number of alkyl halides is 3. The fraction of sp³-hybridized carbons (Fsp3) is 0.444. The summed E-state index contributed by atoms with van der Waals surface area (Å²) in [6.07, 6.45) is -0.114.